The van der Waals surface area contributed by atoms with Crippen molar-refractivity contribution >= 4 is 39.1 Å². The minimum Gasteiger partial charge on any atom is -0.450 e. The summed E-state index contributed by atoms with van der Waals surface area (Å²) in [6, 6.07) is 3.00. The van der Waals surface area contributed by atoms with Gasteiger partial charge in [0.25, 0.3) is 0 Å². The molecule has 2 aromatic heterocycles. The Hall–Kier alpha value is -3.32. The van der Waals surface area contributed by atoms with Gasteiger partial charge in [-0.1, -0.05) is 0 Å². The van der Waals surface area contributed by atoms with Crippen molar-refractivity contribution in [1.82, 2.24) is 30.6 Å². The van der Waals surface area contributed by atoms with E-state index in [0.717, 1.165) is 0 Å². The van der Waals surface area contributed by atoms with Gasteiger partial charge in [0.15, 0.2) is 0 Å². The molecule has 2 unspecified atom stereocenters. The van der Waals surface area contributed by atoms with E-state index in [1.807, 2.05) is 0 Å². The lowest BCUT2D eigenvalue weighted by atomic mass is 10.1. The third-order valence-corrected chi connectivity index (χ3v) is 9.72. The first kappa shape index (κ1) is 30.9. The predicted molar refractivity (Wildman–Crippen MR) is 137 cm³/mol. The molecule has 2 amide bonds. The van der Waals surface area contributed by atoms with Crippen molar-refractivity contribution in [3.05, 3.63) is 36.9 Å². The minimum absolute atomic E-state index is 0.0260. The van der Waals surface area contributed by atoms with Gasteiger partial charge in [-0.05, 0) is 52.7 Å². The lowest BCUT2D eigenvalue weighted by molar-refractivity contribution is 0.138. The summed E-state index contributed by atoms with van der Waals surface area (Å²) in [4.78, 5) is 62.2. The second kappa shape index (κ2) is 13.0. The van der Waals surface area contributed by atoms with Crippen LogP contribution in [0.3, 0.4) is 0 Å². The summed E-state index contributed by atoms with van der Waals surface area (Å²) in [5.74, 6) is -0.392. The van der Waals surface area contributed by atoms with Crippen LogP contribution in [0.1, 0.15) is 40.5 Å². The Morgan fingerprint density at radius 3 is 1.37 bits per heavy atom. The molecule has 0 aliphatic carbocycles. The fraction of sp³-hybridized carbons (Fsp3) is 0.500. The summed E-state index contributed by atoms with van der Waals surface area (Å²) in [6.07, 6.45) is 2.48. The van der Waals surface area contributed by atoms with Crippen LogP contribution in [0.25, 0.3) is 0 Å². The molecule has 18 heteroatoms. The number of nitrogens with one attached hydrogen (secondary N) is 4. The standard InChI is InChI=1S/C20H32N8O8P2/c1-5-35-17(29)25-19(3,37(31,32)27-15-21-11-7-12-22-15)9-10-20(4,26-18(30)36-6-2)38(33,34)28-16-23-13-8-14-24-16/h7-8,11-14H,5-6,9-10H2,1-4H3,(H,25,29)(H,26,30)(H2,21,22,27,31,32)(H2,23,24,28,33,34)/t19-,20+. The van der Waals surface area contributed by atoms with Crippen LogP contribution in [0.4, 0.5) is 21.5 Å². The van der Waals surface area contributed by atoms with E-state index >= 15 is 0 Å². The third-order valence-electron chi connectivity index (χ3n) is 5.36. The molecule has 0 aromatic carbocycles. The average Bonchev–Trinajstić information content (AvgIpc) is 2.83. The fourth-order valence-electron chi connectivity index (χ4n) is 3.07. The molecule has 0 spiro atoms. The molecular formula is C20H32N8O8P2. The largest absolute Gasteiger partial charge is 0.450 e. The molecule has 6 N–H and O–H groups in total. The minimum atomic E-state index is -4.61. The van der Waals surface area contributed by atoms with Crippen LogP contribution in [0.15, 0.2) is 36.9 Å². The van der Waals surface area contributed by atoms with Crippen molar-refractivity contribution in [3.8, 4) is 0 Å². The predicted octanol–water partition coefficient (Wildman–Crippen LogP) is 2.87. The summed E-state index contributed by atoms with van der Waals surface area (Å²) in [7, 11) is -9.23. The monoisotopic (exact) mass is 574 g/mol. The van der Waals surface area contributed by atoms with Gasteiger partial charge in [0.2, 0.25) is 11.9 Å². The highest BCUT2D eigenvalue weighted by atomic mass is 31.2. The summed E-state index contributed by atoms with van der Waals surface area (Å²) in [5.41, 5.74) is 0. The number of ether oxygens (including phenoxy) is 2. The molecule has 0 bridgehead atoms. The summed E-state index contributed by atoms with van der Waals surface area (Å²) >= 11 is 0. The van der Waals surface area contributed by atoms with Gasteiger partial charge in [-0.25, -0.2) is 29.5 Å². The van der Waals surface area contributed by atoms with Crippen molar-refractivity contribution in [1.29, 1.82) is 0 Å². The smallest absolute Gasteiger partial charge is 0.408 e. The van der Waals surface area contributed by atoms with E-state index in [0.29, 0.717) is 0 Å². The van der Waals surface area contributed by atoms with Gasteiger partial charge in [-0.15, -0.1) is 0 Å². The molecule has 210 valence electrons. The Morgan fingerprint density at radius 1 is 0.763 bits per heavy atom. The highest BCUT2D eigenvalue weighted by Gasteiger charge is 2.51. The number of alkyl carbamates (subject to hydrolysis) is 2. The number of amides is 2. The van der Waals surface area contributed by atoms with Gasteiger partial charge in [0.1, 0.15) is 10.6 Å². The van der Waals surface area contributed by atoms with Crippen LogP contribution in [0, 0.1) is 0 Å². The maximum absolute atomic E-state index is 13.5. The van der Waals surface area contributed by atoms with E-state index in [-0.39, 0.29) is 25.1 Å². The third kappa shape index (κ3) is 8.09. The Morgan fingerprint density at radius 2 is 1.08 bits per heavy atom. The molecule has 0 fully saturated rings. The quantitative estimate of drug-likeness (QED) is 0.189. The first-order valence-corrected chi connectivity index (χ1v) is 14.8. The lowest BCUT2D eigenvalue weighted by Crippen LogP contribution is -2.52. The number of aromatic nitrogens is 4. The summed E-state index contributed by atoms with van der Waals surface area (Å²) < 4.78 is 36.9. The number of carbonyl (C=O) groups excluding carboxylic acids is 2. The second-order valence-corrected chi connectivity index (χ2v) is 13.0. The topological polar surface area (TPSA) is 227 Å². The zero-order chi connectivity index (χ0) is 28.5. The van der Waals surface area contributed by atoms with E-state index < -0.39 is 50.6 Å². The van der Waals surface area contributed by atoms with Gasteiger partial charge < -0.3 is 29.9 Å². The van der Waals surface area contributed by atoms with E-state index in [1.54, 1.807) is 13.8 Å². The molecule has 2 heterocycles. The number of anilines is 2. The molecule has 0 saturated heterocycles. The van der Waals surface area contributed by atoms with Gasteiger partial charge in [0, 0.05) is 24.8 Å². The molecule has 0 aliphatic rings. The van der Waals surface area contributed by atoms with Crippen LogP contribution in [-0.4, -0.2) is 65.7 Å². The number of rotatable bonds is 13. The van der Waals surface area contributed by atoms with Crippen LogP contribution < -0.4 is 20.8 Å². The fourth-order valence-corrected chi connectivity index (χ4v) is 5.65. The van der Waals surface area contributed by atoms with Gasteiger partial charge in [0.05, 0.1) is 13.2 Å². The molecule has 38 heavy (non-hydrogen) atoms. The second-order valence-electron chi connectivity index (χ2n) is 8.26. The van der Waals surface area contributed by atoms with Gasteiger partial charge in [-0.2, -0.15) is 0 Å². The maximum atomic E-state index is 13.5. The van der Waals surface area contributed by atoms with Crippen LogP contribution in [0.5, 0.6) is 0 Å². The number of carbonyl (C=O) groups is 2. The van der Waals surface area contributed by atoms with E-state index in [9.17, 15) is 28.5 Å². The first-order valence-electron chi connectivity index (χ1n) is 11.4. The average molecular weight is 574 g/mol. The van der Waals surface area contributed by atoms with Crippen molar-refractivity contribution in [2.45, 2.75) is 51.1 Å². The Bertz CT molecular complexity index is 1090. The number of hydrogen-bond donors (Lipinski definition) is 6. The number of hydrogen-bond acceptors (Lipinski definition) is 10. The Labute approximate surface area is 219 Å². The molecule has 0 radical (unpaired) electrons. The zero-order valence-electron chi connectivity index (χ0n) is 21.3. The van der Waals surface area contributed by atoms with Crippen molar-refractivity contribution in [2.75, 3.05) is 23.4 Å². The van der Waals surface area contributed by atoms with Crippen molar-refractivity contribution in [3.63, 3.8) is 0 Å². The Kier molecular flexibility index (Phi) is 10.5. The van der Waals surface area contributed by atoms with E-state index in [1.165, 1.54) is 50.8 Å². The SMILES string of the molecule is CCOC(=O)N[C@](C)(CC[C@](C)(NC(=O)OCC)P(=O)(O)Nc1ncccn1)P(=O)(O)Nc1ncccn1. The molecule has 0 saturated carbocycles. The first-order chi connectivity index (χ1) is 17.8. The molecular weight excluding hydrogens is 542 g/mol. The molecule has 2 rings (SSSR count). The van der Waals surface area contributed by atoms with E-state index in [2.05, 4.69) is 40.7 Å². The Balaban J connectivity index is 2.44. The van der Waals surface area contributed by atoms with Gasteiger partial charge >= 0.3 is 27.2 Å². The molecule has 16 nitrogen and oxygen atoms in total. The van der Waals surface area contributed by atoms with Gasteiger partial charge in [-0.3, -0.25) is 19.3 Å². The molecule has 4 atom stereocenters. The lowest BCUT2D eigenvalue weighted by Gasteiger charge is -2.39. The maximum Gasteiger partial charge on any atom is 0.408 e. The van der Waals surface area contributed by atoms with Crippen molar-refractivity contribution in [2.24, 2.45) is 0 Å². The van der Waals surface area contributed by atoms with Crippen LogP contribution in [-0.2, 0) is 18.6 Å². The zero-order valence-corrected chi connectivity index (χ0v) is 23.1. The highest BCUT2D eigenvalue weighted by Crippen LogP contribution is 2.58. The molecule has 0 aliphatic heterocycles. The van der Waals surface area contributed by atoms with E-state index in [4.69, 9.17) is 9.47 Å². The summed E-state index contributed by atoms with van der Waals surface area (Å²) in [6.45, 7) is 5.52. The highest BCUT2D eigenvalue weighted by molar-refractivity contribution is 7.61. The summed E-state index contributed by atoms with van der Waals surface area (Å²) in [5, 5.41) is 5.35. The normalized spacial score (nSPS) is 17.3. The van der Waals surface area contributed by atoms with Crippen LogP contribution in [0.2, 0.25) is 0 Å². The van der Waals surface area contributed by atoms with Crippen molar-refractivity contribution < 1.29 is 38.0 Å². The number of nitrogens with zero attached hydrogens (tertiary/aromatic N) is 4. The molecule has 2 aromatic rings. The van der Waals surface area contributed by atoms with Crippen LogP contribution >= 0.6 is 15.0 Å².